The van der Waals surface area contributed by atoms with Crippen molar-refractivity contribution in [3.05, 3.63) is 12.2 Å². The van der Waals surface area contributed by atoms with Gasteiger partial charge in [-0.15, -0.1) is 0 Å². The van der Waals surface area contributed by atoms with Gasteiger partial charge in [-0.1, -0.05) is 38.3 Å². The Morgan fingerprint density at radius 1 is 1.14 bits per heavy atom. The van der Waals surface area contributed by atoms with Gasteiger partial charge in [0.05, 0.1) is 6.10 Å². The number of allylic oxidation sites excluding steroid dienone is 1. The predicted molar refractivity (Wildman–Crippen MR) is 59.2 cm³/mol. The van der Waals surface area contributed by atoms with E-state index in [4.69, 9.17) is 0 Å². The number of aldehydes is 1. The largest absolute Gasteiger partial charge is 0.392 e. The summed E-state index contributed by atoms with van der Waals surface area (Å²) < 4.78 is 0. The first-order valence-corrected chi connectivity index (χ1v) is 5.58. The van der Waals surface area contributed by atoms with Crippen LogP contribution in [0, 0.1) is 0 Å². The fourth-order valence-electron chi connectivity index (χ4n) is 1.27. The molecule has 0 saturated heterocycles. The van der Waals surface area contributed by atoms with Crippen LogP contribution in [0.1, 0.15) is 51.9 Å². The maximum Gasteiger partial charge on any atom is 0.122 e. The molecule has 0 rings (SSSR count). The molecule has 0 saturated carbocycles. The van der Waals surface area contributed by atoms with E-state index in [-0.39, 0.29) is 6.42 Å². The van der Waals surface area contributed by atoms with Crippen molar-refractivity contribution in [2.45, 2.75) is 58.0 Å². The fraction of sp³-hybridized carbons (Fsp3) is 0.750. The zero-order chi connectivity index (χ0) is 10.6. The quantitative estimate of drug-likeness (QED) is 0.351. The maximum absolute atomic E-state index is 10.0. The highest BCUT2D eigenvalue weighted by Gasteiger charge is 1.98. The first-order valence-electron chi connectivity index (χ1n) is 5.58. The van der Waals surface area contributed by atoms with Crippen LogP contribution in [0.25, 0.3) is 0 Å². The number of rotatable bonds is 9. The maximum atomic E-state index is 10.0. The van der Waals surface area contributed by atoms with Gasteiger partial charge in [-0.3, -0.25) is 0 Å². The molecule has 1 unspecified atom stereocenters. The summed E-state index contributed by atoms with van der Waals surface area (Å²) in [6.45, 7) is 2.20. The topological polar surface area (TPSA) is 37.3 Å². The highest BCUT2D eigenvalue weighted by Crippen LogP contribution is 2.04. The summed E-state index contributed by atoms with van der Waals surface area (Å²) >= 11 is 0. The molecule has 82 valence electrons. The van der Waals surface area contributed by atoms with Gasteiger partial charge in [-0.25, -0.2) is 0 Å². The Kier molecular flexibility index (Phi) is 9.98. The Labute approximate surface area is 87.0 Å². The first kappa shape index (κ1) is 13.4. The van der Waals surface area contributed by atoms with Gasteiger partial charge < -0.3 is 9.90 Å². The van der Waals surface area contributed by atoms with E-state index in [0.29, 0.717) is 6.42 Å². The lowest BCUT2D eigenvalue weighted by atomic mass is 10.1. The van der Waals surface area contributed by atoms with E-state index < -0.39 is 6.10 Å². The third-order valence-electron chi connectivity index (χ3n) is 2.17. The molecule has 0 fully saturated rings. The van der Waals surface area contributed by atoms with E-state index in [0.717, 1.165) is 12.7 Å². The minimum atomic E-state index is -0.487. The van der Waals surface area contributed by atoms with Crippen molar-refractivity contribution in [2.75, 3.05) is 0 Å². The Morgan fingerprint density at radius 3 is 2.57 bits per heavy atom. The van der Waals surface area contributed by atoms with Gasteiger partial charge in [0.2, 0.25) is 0 Å². The van der Waals surface area contributed by atoms with Crippen molar-refractivity contribution in [2.24, 2.45) is 0 Å². The summed E-state index contributed by atoms with van der Waals surface area (Å²) in [5.41, 5.74) is 0. The summed E-state index contributed by atoms with van der Waals surface area (Å²) in [4.78, 5) is 10.0. The van der Waals surface area contributed by atoms with E-state index in [1.165, 1.54) is 25.7 Å². The average molecular weight is 198 g/mol. The number of aliphatic hydroxyl groups excluding tert-OH is 1. The van der Waals surface area contributed by atoms with Gasteiger partial charge in [-0.05, 0) is 19.3 Å². The second kappa shape index (κ2) is 10.5. The van der Waals surface area contributed by atoms with Gasteiger partial charge in [0.25, 0.3) is 0 Å². The van der Waals surface area contributed by atoms with Gasteiger partial charge in [0.1, 0.15) is 6.29 Å². The number of hydrogen-bond donors (Lipinski definition) is 1. The number of hydrogen-bond acceptors (Lipinski definition) is 2. The Balaban J connectivity index is 3.22. The summed E-state index contributed by atoms with van der Waals surface area (Å²) in [5.74, 6) is 0. The van der Waals surface area contributed by atoms with Gasteiger partial charge in [0, 0.05) is 6.42 Å². The lowest BCUT2D eigenvalue weighted by Gasteiger charge is -2.00. The second-order valence-electron chi connectivity index (χ2n) is 3.61. The van der Waals surface area contributed by atoms with E-state index in [1.54, 1.807) is 0 Å². The van der Waals surface area contributed by atoms with E-state index in [9.17, 15) is 9.90 Å². The van der Waals surface area contributed by atoms with Gasteiger partial charge in [-0.2, -0.15) is 0 Å². The van der Waals surface area contributed by atoms with Crippen LogP contribution in [0.2, 0.25) is 0 Å². The molecule has 0 aromatic heterocycles. The van der Waals surface area contributed by atoms with Crippen molar-refractivity contribution in [3.8, 4) is 0 Å². The summed E-state index contributed by atoms with van der Waals surface area (Å²) in [6, 6.07) is 0. The second-order valence-corrected chi connectivity index (χ2v) is 3.61. The molecular weight excluding hydrogens is 176 g/mol. The monoisotopic (exact) mass is 198 g/mol. The van der Waals surface area contributed by atoms with E-state index in [1.807, 2.05) is 6.08 Å². The average Bonchev–Trinajstić information content (AvgIpc) is 2.17. The predicted octanol–water partition coefficient (Wildman–Crippen LogP) is 2.85. The fourth-order valence-corrected chi connectivity index (χ4v) is 1.27. The molecule has 2 nitrogen and oxygen atoms in total. The SMILES string of the molecule is CCCCCC/C=C/CC(O)CC=O. The summed E-state index contributed by atoms with van der Waals surface area (Å²) in [7, 11) is 0. The highest BCUT2D eigenvalue weighted by molar-refractivity contribution is 5.50. The van der Waals surface area contributed by atoms with Crippen LogP contribution in [0.4, 0.5) is 0 Å². The molecule has 2 heteroatoms. The van der Waals surface area contributed by atoms with Crippen molar-refractivity contribution in [3.63, 3.8) is 0 Å². The zero-order valence-electron chi connectivity index (χ0n) is 9.11. The van der Waals surface area contributed by atoms with Crippen molar-refractivity contribution < 1.29 is 9.90 Å². The minimum absolute atomic E-state index is 0.250. The van der Waals surface area contributed by atoms with Crippen LogP contribution in [0.15, 0.2) is 12.2 Å². The summed E-state index contributed by atoms with van der Waals surface area (Å²) in [5, 5.41) is 9.21. The van der Waals surface area contributed by atoms with Crippen molar-refractivity contribution in [1.82, 2.24) is 0 Å². The smallest absolute Gasteiger partial charge is 0.122 e. The highest BCUT2D eigenvalue weighted by atomic mass is 16.3. The molecule has 14 heavy (non-hydrogen) atoms. The lowest BCUT2D eigenvalue weighted by Crippen LogP contribution is -2.04. The molecular formula is C12H22O2. The molecule has 0 aliphatic carbocycles. The third kappa shape index (κ3) is 9.46. The van der Waals surface area contributed by atoms with Crippen LogP contribution < -0.4 is 0 Å². The zero-order valence-corrected chi connectivity index (χ0v) is 9.11. The molecule has 0 aromatic rings. The molecule has 1 atom stereocenters. The molecule has 0 heterocycles. The normalized spacial score (nSPS) is 13.3. The Bertz CT molecular complexity index is 152. The summed E-state index contributed by atoms with van der Waals surface area (Å²) in [6.07, 6.45) is 11.4. The molecule has 0 aromatic carbocycles. The Morgan fingerprint density at radius 2 is 1.93 bits per heavy atom. The minimum Gasteiger partial charge on any atom is -0.392 e. The van der Waals surface area contributed by atoms with Crippen LogP contribution >= 0.6 is 0 Å². The van der Waals surface area contributed by atoms with Gasteiger partial charge >= 0.3 is 0 Å². The van der Waals surface area contributed by atoms with Crippen molar-refractivity contribution in [1.29, 1.82) is 0 Å². The molecule has 0 bridgehead atoms. The first-order chi connectivity index (χ1) is 6.81. The van der Waals surface area contributed by atoms with Crippen LogP contribution in [-0.4, -0.2) is 17.5 Å². The Hall–Kier alpha value is -0.630. The van der Waals surface area contributed by atoms with Crippen LogP contribution in [-0.2, 0) is 4.79 Å². The molecule has 0 radical (unpaired) electrons. The molecule has 1 N–H and O–H groups in total. The number of carbonyl (C=O) groups is 1. The van der Waals surface area contributed by atoms with Crippen LogP contribution in [0.5, 0.6) is 0 Å². The standard InChI is InChI=1S/C12H22O2/c1-2-3-4-5-6-7-8-9-12(14)10-11-13/h7-8,11-12,14H,2-6,9-10H2,1H3/b8-7+. The molecule has 0 aliphatic heterocycles. The van der Waals surface area contributed by atoms with Gasteiger partial charge in [0.15, 0.2) is 0 Å². The molecule has 0 amide bonds. The number of aliphatic hydroxyl groups is 1. The molecule has 0 aliphatic rings. The third-order valence-corrected chi connectivity index (χ3v) is 2.17. The number of unbranched alkanes of at least 4 members (excludes halogenated alkanes) is 4. The lowest BCUT2D eigenvalue weighted by molar-refractivity contribution is -0.109. The van der Waals surface area contributed by atoms with E-state index >= 15 is 0 Å². The van der Waals surface area contributed by atoms with E-state index in [2.05, 4.69) is 13.0 Å². The number of carbonyl (C=O) groups excluding carboxylic acids is 1. The van der Waals surface area contributed by atoms with Crippen LogP contribution in [0.3, 0.4) is 0 Å². The van der Waals surface area contributed by atoms with Crippen molar-refractivity contribution >= 4 is 6.29 Å². The molecule has 0 spiro atoms.